The highest BCUT2D eigenvalue weighted by molar-refractivity contribution is 5.83. The Bertz CT molecular complexity index is 489. The summed E-state index contributed by atoms with van der Waals surface area (Å²) in [6.45, 7) is 11.9. The maximum atomic E-state index is 13.0. The molecule has 1 aromatic carbocycles. The van der Waals surface area contributed by atoms with Crippen LogP contribution in [0, 0.1) is 11.2 Å². The molecule has 0 aliphatic rings. The van der Waals surface area contributed by atoms with Crippen LogP contribution in [0.25, 0.3) is 0 Å². The summed E-state index contributed by atoms with van der Waals surface area (Å²) >= 11 is 0. The molecule has 1 unspecified atom stereocenters. The van der Waals surface area contributed by atoms with Crippen molar-refractivity contribution in [3.63, 3.8) is 0 Å². The number of amides is 1. The van der Waals surface area contributed by atoms with Gasteiger partial charge in [-0.25, -0.2) is 4.39 Å². The second-order valence-electron chi connectivity index (χ2n) is 6.67. The molecule has 4 heteroatoms. The lowest BCUT2D eigenvalue weighted by Crippen LogP contribution is -2.56. The fraction of sp³-hybridized carbons (Fsp3) is 0.588. The molecular formula is C17H27FN2O. The Hall–Kier alpha value is -1.42. The summed E-state index contributed by atoms with van der Waals surface area (Å²) in [6, 6.07) is 6.15. The van der Waals surface area contributed by atoms with E-state index in [0.29, 0.717) is 6.54 Å². The van der Waals surface area contributed by atoms with Crippen molar-refractivity contribution in [3.8, 4) is 0 Å². The summed E-state index contributed by atoms with van der Waals surface area (Å²) in [5, 5.41) is 0. The van der Waals surface area contributed by atoms with Crippen LogP contribution in [0.4, 0.5) is 4.39 Å². The molecule has 0 saturated carbocycles. The highest BCUT2D eigenvalue weighted by Gasteiger charge is 2.43. The molecule has 1 atom stereocenters. The molecule has 3 nitrogen and oxygen atoms in total. The summed E-state index contributed by atoms with van der Waals surface area (Å²) in [7, 11) is 0. The van der Waals surface area contributed by atoms with Crippen LogP contribution in [-0.4, -0.2) is 22.9 Å². The van der Waals surface area contributed by atoms with Crippen LogP contribution >= 0.6 is 0 Å². The minimum absolute atomic E-state index is 0.00863. The zero-order valence-corrected chi connectivity index (χ0v) is 13.9. The summed E-state index contributed by atoms with van der Waals surface area (Å²) in [4.78, 5) is 14.7. The molecular weight excluding hydrogens is 267 g/mol. The van der Waals surface area contributed by atoms with Gasteiger partial charge in [-0.15, -0.1) is 0 Å². The smallest absolute Gasteiger partial charge is 0.230 e. The maximum Gasteiger partial charge on any atom is 0.230 e. The van der Waals surface area contributed by atoms with E-state index in [2.05, 4.69) is 0 Å². The number of nitrogens with zero attached hydrogens (tertiary/aromatic N) is 1. The van der Waals surface area contributed by atoms with Gasteiger partial charge in [-0.1, -0.05) is 12.1 Å². The van der Waals surface area contributed by atoms with Gasteiger partial charge in [-0.05, 0) is 59.2 Å². The molecule has 0 radical (unpaired) electrons. The van der Waals surface area contributed by atoms with Crippen molar-refractivity contribution < 1.29 is 9.18 Å². The number of benzene rings is 1. The Balaban J connectivity index is 3.07. The van der Waals surface area contributed by atoms with E-state index >= 15 is 0 Å². The van der Waals surface area contributed by atoms with E-state index in [-0.39, 0.29) is 17.8 Å². The van der Waals surface area contributed by atoms with Gasteiger partial charge >= 0.3 is 0 Å². The van der Waals surface area contributed by atoms with Gasteiger partial charge in [0.1, 0.15) is 5.82 Å². The molecule has 0 heterocycles. The third kappa shape index (κ3) is 3.62. The van der Waals surface area contributed by atoms with Gasteiger partial charge in [0.15, 0.2) is 0 Å². The summed E-state index contributed by atoms with van der Waals surface area (Å²) in [5.74, 6) is -0.266. The molecule has 0 spiro atoms. The van der Waals surface area contributed by atoms with Crippen molar-refractivity contribution >= 4 is 5.91 Å². The second kappa shape index (κ2) is 6.14. The van der Waals surface area contributed by atoms with E-state index in [1.807, 2.05) is 41.5 Å². The van der Waals surface area contributed by atoms with E-state index in [9.17, 15) is 9.18 Å². The number of hydrogen-bond acceptors (Lipinski definition) is 2. The average Bonchev–Trinajstić information content (AvgIpc) is 2.38. The molecule has 0 aromatic heterocycles. The first-order valence-electron chi connectivity index (χ1n) is 7.37. The van der Waals surface area contributed by atoms with Crippen molar-refractivity contribution in [2.75, 3.05) is 6.54 Å². The van der Waals surface area contributed by atoms with Crippen LogP contribution in [0.3, 0.4) is 0 Å². The predicted molar refractivity (Wildman–Crippen MR) is 84.2 cm³/mol. The molecule has 21 heavy (non-hydrogen) atoms. The topological polar surface area (TPSA) is 46.3 Å². The molecule has 1 amide bonds. The molecule has 1 aromatic rings. The summed E-state index contributed by atoms with van der Waals surface area (Å²) in [6.07, 6.45) is 0. The highest BCUT2D eigenvalue weighted by atomic mass is 19.1. The summed E-state index contributed by atoms with van der Waals surface area (Å²) in [5.41, 5.74) is 5.77. The molecule has 1 rings (SSSR count). The molecule has 0 fully saturated rings. The molecule has 2 N–H and O–H groups in total. The van der Waals surface area contributed by atoms with Gasteiger partial charge in [0, 0.05) is 12.1 Å². The van der Waals surface area contributed by atoms with Crippen molar-refractivity contribution in [1.82, 2.24) is 4.90 Å². The lowest BCUT2D eigenvalue weighted by atomic mass is 9.74. The van der Waals surface area contributed by atoms with Gasteiger partial charge in [0.25, 0.3) is 0 Å². The van der Waals surface area contributed by atoms with E-state index in [1.165, 1.54) is 12.1 Å². The standard InChI is InChI=1S/C17H27FN2O/c1-7-20(15(21)16(3,4)17(5,6)19)12(2)13-8-10-14(18)11-9-13/h8-12H,7,19H2,1-6H3. The Kier molecular flexibility index (Phi) is 5.16. The van der Waals surface area contributed by atoms with Crippen LogP contribution in [0.5, 0.6) is 0 Å². The number of hydrogen-bond donors (Lipinski definition) is 1. The molecule has 0 bridgehead atoms. The quantitative estimate of drug-likeness (QED) is 0.903. The Morgan fingerprint density at radius 2 is 1.71 bits per heavy atom. The van der Waals surface area contributed by atoms with Gasteiger partial charge in [-0.2, -0.15) is 0 Å². The van der Waals surface area contributed by atoms with Crippen molar-refractivity contribution in [2.24, 2.45) is 11.1 Å². The van der Waals surface area contributed by atoms with Crippen LogP contribution in [0.15, 0.2) is 24.3 Å². The van der Waals surface area contributed by atoms with E-state index in [4.69, 9.17) is 5.73 Å². The number of nitrogens with two attached hydrogens (primary N) is 1. The second-order valence-corrected chi connectivity index (χ2v) is 6.67. The van der Waals surface area contributed by atoms with Crippen molar-refractivity contribution in [3.05, 3.63) is 35.6 Å². The third-order valence-electron chi connectivity index (χ3n) is 4.57. The SMILES string of the molecule is CCN(C(=O)C(C)(C)C(C)(C)N)C(C)c1ccc(F)cc1. The normalized spacial score (nSPS) is 13.9. The highest BCUT2D eigenvalue weighted by Crippen LogP contribution is 2.33. The van der Waals surface area contributed by atoms with Crippen LogP contribution in [0.2, 0.25) is 0 Å². The lowest BCUT2D eigenvalue weighted by molar-refractivity contribution is -0.145. The van der Waals surface area contributed by atoms with Crippen LogP contribution in [0.1, 0.15) is 53.1 Å². The first kappa shape index (κ1) is 17.6. The van der Waals surface area contributed by atoms with Gasteiger partial charge in [0.05, 0.1) is 11.5 Å². The Morgan fingerprint density at radius 1 is 1.24 bits per heavy atom. The van der Waals surface area contributed by atoms with Gasteiger partial charge in [-0.3, -0.25) is 4.79 Å². The molecule has 0 aliphatic heterocycles. The fourth-order valence-electron chi connectivity index (χ4n) is 2.15. The van der Waals surface area contributed by atoms with Crippen LogP contribution < -0.4 is 5.73 Å². The minimum atomic E-state index is -0.683. The number of rotatable bonds is 5. The zero-order valence-electron chi connectivity index (χ0n) is 13.9. The Labute approximate surface area is 127 Å². The fourth-order valence-corrected chi connectivity index (χ4v) is 2.15. The molecule has 0 saturated heterocycles. The number of halogens is 1. The third-order valence-corrected chi connectivity index (χ3v) is 4.57. The number of carbonyl (C=O) groups excluding carboxylic acids is 1. The largest absolute Gasteiger partial charge is 0.336 e. The monoisotopic (exact) mass is 294 g/mol. The summed E-state index contributed by atoms with van der Waals surface area (Å²) < 4.78 is 13.0. The van der Waals surface area contributed by atoms with Crippen molar-refractivity contribution in [2.45, 2.75) is 53.1 Å². The Morgan fingerprint density at radius 3 is 2.10 bits per heavy atom. The predicted octanol–water partition coefficient (Wildman–Crippen LogP) is 3.50. The molecule has 118 valence electrons. The average molecular weight is 294 g/mol. The minimum Gasteiger partial charge on any atom is -0.336 e. The van der Waals surface area contributed by atoms with Crippen LogP contribution in [-0.2, 0) is 4.79 Å². The first-order chi connectivity index (χ1) is 9.52. The van der Waals surface area contributed by atoms with Gasteiger partial charge in [0.2, 0.25) is 5.91 Å². The first-order valence-corrected chi connectivity index (χ1v) is 7.37. The number of carbonyl (C=O) groups is 1. The maximum absolute atomic E-state index is 13.0. The lowest BCUT2D eigenvalue weighted by Gasteiger charge is -2.42. The zero-order chi connectivity index (χ0) is 16.4. The van der Waals surface area contributed by atoms with E-state index in [0.717, 1.165) is 5.56 Å². The van der Waals surface area contributed by atoms with E-state index in [1.54, 1.807) is 17.0 Å². The molecule has 0 aliphatic carbocycles. The van der Waals surface area contributed by atoms with Gasteiger partial charge < -0.3 is 10.6 Å². The van der Waals surface area contributed by atoms with Crippen molar-refractivity contribution in [1.29, 1.82) is 0 Å². The van der Waals surface area contributed by atoms with E-state index < -0.39 is 11.0 Å².